The van der Waals surface area contributed by atoms with Crippen LogP contribution in [0.15, 0.2) is 28.7 Å². The molecule has 2 nitrogen and oxygen atoms in total. The second-order valence-corrected chi connectivity index (χ2v) is 6.34. The molecule has 0 amide bonds. The van der Waals surface area contributed by atoms with Gasteiger partial charge in [-0.2, -0.15) is 0 Å². The lowest BCUT2D eigenvalue weighted by Gasteiger charge is -2.36. The van der Waals surface area contributed by atoms with Crippen molar-refractivity contribution in [3.8, 4) is 0 Å². The fraction of sp³-hybridized carbons (Fsp3) is 0.625. The minimum atomic E-state index is 0. The molecule has 1 fully saturated rings. The van der Waals surface area contributed by atoms with Crippen molar-refractivity contribution in [1.82, 2.24) is 10.2 Å². The van der Waals surface area contributed by atoms with Crippen LogP contribution in [0.25, 0.3) is 0 Å². The van der Waals surface area contributed by atoms with Crippen LogP contribution in [0.2, 0.25) is 0 Å². The van der Waals surface area contributed by atoms with Crippen LogP contribution in [0, 0.1) is 5.92 Å². The number of likely N-dealkylation sites (tertiary alicyclic amines) is 1. The van der Waals surface area contributed by atoms with E-state index in [0.29, 0.717) is 6.04 Å². The van der Waals surface area contributed by atoms with Crippen molar-refractivity contribution in [1.29, 1.82) is 0 Å². The van der Waals surface area contributed by atoms with E-state index in [1.807, 2.05) is 0 Å². The van der Waals surface area contributed by atoms with Gasteiger partial charge in [-0.1, -0.05) is 41.1 Å². The topological polar surface area (TPSA) is 15.3 Å². The third-order valence-corrected chi connectivity index (χ3v) is 4.96. The highest BCUT2D eigenvalue weighted by Crippen LogP contribution is 2.30. The van der Waals surface area contributed by atoms with Crippen LogP contribution in [0.5, 0.6) is 0 Å². The summed E-state index contributed by atoms with van der Waals surface area (Å²) in [5.41, 5.74) is 1.41. The molecular weight excluding hydrogens is 336 g/mol. The average Bonchev–Trinajstić information content (AvgIpc) is 2.45. The van der Waals surface area contributed by atoms with Gasteiger partial charge in [0.15, 0.2) is 0 Å². The van der Waals surface area contributed by atoms with Gasteiger partial charge < -0.3 is 5.32 Å². The van der Waals surface area contributed by atoms with E-state index in [9.17, 15) is 0 Å². The van der Waals surface area contributed by atoms with Crippen LogP contribution in [0.1, 0.15) is 38.3 Å². The molecule has 114 valence electrons. The van der Waals surface area contributed by atoms with Crippen molar-refractivity contribution in [2.75, 3.05) is 26.2 Å². The van der Waals surface area contributed by atoms with Crippen LogP contribution in [-0.4, -0.2) is 31.1 Å². The van der Waals surface area contributed by atoms with Gasteiger partial charge in [0, 0.05) is 10.5 Å². The summed E-state index contributed by atoms with van der Waals surface area (Å²) in [5, 5.41) is 3.48. The number of nitrogens with zero attached hydrogens (tertiary/aromatic N) is 1. The van der Waals surface area contributed by atoms with Gasteiger partial charge in [0.1, 0.15) is 0 Å². The van der Waals surface area contributed by atoms with Gasteiger partial charge in [0.2, 0.25) is 0 Å². The predicted octanol–water partition coefficient (Wildman–Crippen LogP) is 4.25. The summed E-state index contributed by atoms with van der Waals surface area (Å²) in [7, 11) is 0. The summed E-state index contributed by atoms with van der Waals surface area (Å²) in [6.07, 6.45) is 2.64. The van der Waals surface area contributed by atoms with Gasteiger partial charge in [-0.3, -0.25) is 4.90 Å². The van der Waals surface area contributed by atoms with E-state index in [4.69, 9.17) is 0 Å². The number of rotatable bonds is 5. The maximum Gasteiger partial charge on any atom is 0.0331 e. The number of hydrogen-bond acceptors (Lipinski definition) is 2. The van der Waals surface area contributed by atoms with Crippen LogP contribution >= 0.6 is 28.3 Å². The molecule has 0 bridgehead atoms. The summed E-state index contributed by atoms with van der Waals surface area (Å²) >= 11 is 3.67. The van der Waals surface area contributed by atoms with Gasteiger partial charge in [0.25, 0.3) is 0 Å². The first-order valence-electron chi connectivity index (χ1n) is 7.41. The van der Waals surface area contributed by atoms with Gasteiger partial charge in [-0.05, 0) is 63.5 Å². The largest absolute Gasteiger partial charge is 0.317 e. The van der Waals surface area contributed by atoms with E-state index in [-0.39, 0.29) is 12.4 Å². The van der Waals surface area contributed by atoms with E-state index in [1.54, 1.807) is 0 Å². The monoisotopic (exact) mass is 360 g/mol. The van der Waals surface area contributed by atoms with Crippen molar-refractivity contribution in [2.45, 2.75) is 32.7 Å². The zero-order chi connectivity index (χ0) is 13.7. The Morgan fingerprint density at radius 2 is 1.95 bits per heavy atom. The molecule has 0 saturated carbocycles. The second-order valence-electron chi connectivity index (χ2n) is 5.48. The van der Waals surface area contributed by atoms with Crippen molar-refractivity contribution in [2.24, 2.45) is 5.92 Å². The van der Waals surface area contributed by atoms with E-state index >= 15 is 0 Å². The van der Waals surface area contributed by atoms with Crippen LogP contribution in [0.4, 0.5) is 0 Å². The van der Waals surface area contributed by atoms with Crippen molar-refractivity contribution in [3.05, 3.63) is 34.3 Å². The first-order chi connectivity index (χ1) is 9.22. The fourth-order valence-corrected chi connectivity index (χ4v) is 3.52. The molecule has 1 heterocycles. The van der Waals surface area contributed by atoms with Gasteiger partial charge >= 0.3 is 0 Å². The minimum Gasteiger partial charge on any atom is -0.317 e. The van der Waals surface area contributed by atoms with Crippen LogP contribution in [0.3, 0.4) is 0 Å². The van der Waals surface area contributed by atoms with Crippen LogP contribution in [-0.2, 0) is 0 Å². The Morgan fingerprint density at radius 3 is 2.55 bits per heavy atom. The zero-order valence-electron chi connectivity index (χ0n) is 12.4. The Kier molecular flexibility index (Phi) is 8.11. The number of halogens is 2. The quantitative estimate of drug-likeness (QED) is 0.843. The van der Waals surface area contributed by atoms with Gasteiger partial charge in [0.05, 0.1) is 0 Å². The fourth-order valence-electron chi connectivity index (χ4n) is 2.90. The molecule has 0 aliphatic carbocycles. The molecule has 1 saturated heterocycles. The molecule has 1 aromatic carbocycles. The zero-order valence-corrected chi connectivity index (χ0v) is 14.8. The smallest absolute Gasteiger partial charge is 0.0331 e. The molecule has 1 unspecified atom stereocenters. The molecule has 0 aromatic heterocycles. The highest BCUT2D eigenvalue weighted by atomic mass is 79.9. The highest BCUT2D eigenvalue weighted by Gasteiger charge is 2.23. The third-order valence-electron chi connectivity index (χ3n) is 4.24. The molecule has 4 heteroatoms. The Balaban J connectivity index is 0.00000200. The lowest BCUT2D eigenvalue weighted by molar-refractivity contribution is 0.140. The second kappa shape index (κ2) is 9.04. The van der Waals surface area contributed by atoms with E-state index < -0.39 is 0 Å². The van der Waals surface area contributed by atoms with Gasteiger partial charge in [-0.25, -0.2) is 0 Å². The molecular formula is C16H26BrClN2. The van der Waals surface area contributed by atoms with E-state index in [0.717, 1.165) is 12.5 Å². The maximum atomic E-state index is 3.67. The molecule has 20 heavy (non-hydrogen) atoms. The van der Waals surface area contributed by atoms with Crippen molar-refractivity contribution < 1.29 is 0 Å². The molecule has 1 aliphatic rings. The summed E-state index contributed by atoms with van der Waals surface area (Å²) in [5.74, 6) is 0.864. The summed E-state index contributed by atoms with van der Waals surface area (Å²) in [4.78, 5) is 2.61. The molecule has 1 aliphatic heterocycles. The molecule has 1 aromatic rings. The van der Waals surface area contributed by atoms with Gasteiger partial charge in [-0.15, -0.1) is 12.4 Å². The van der Waals surface area contributed by atoms with Crippen LogP contribution < -0.4 is 5.32 Å². The summed E-state index contributed by atoms with van der Waals surface area (Å²) < 4.78 is 1.23. The predicted molar refractivity (Wildman–Crippen MR) is 92.6 cm³/mol. The molecule has 1 N–H and O–H groups in total. The normalized spacial score (nSPS) is 18.6. The Bertz CT molecular complexity index is 392. The van der Waals surface area contributed by atoms with E-state index in [1.165, 1.54) is 42.5 Å². The first kappa shape index (κ1) is 18.0. The Morgan fingerprint density at radius 1 is 1.30 bits per heavy atom. The Labute approximate surface area is 137 Å². The first-order valence-corrected chi connectivity index (χ1v) is 8.20. The lowest BCUT2D eigenvalue weighted by atomic mass is 9.94. The van der Waals surface area contributed by atoms with E-state index in [2.05, 4.69) is 64.3 Å². The lowest BCUT2D eigenvalue weighted by Crippen LogP contribution is -2.38. The Hall–Kier alpha value is -0.0900. The number of hydrogen-bond donors (Lipinski definition) is 1. The standard InChI is InChI=1S/C16H25BrN2.ClH/c1-3-18-12-14-8-10-19(11-9-14)13(2)15-6-4-5-7-16(15)17;/h4-7,13-14,18H,3,8-12H2,1-2H3;1H. The maximum absolute atomic E-state index is 3.67. The van der Waals surface area contributed by atoms with Crippen molar-refractivity contribution in [3.63, 3.8) is 0 Å². The third kappa shape index (κ3) is 4.73. The summed E-state index contributed by atoms with van der Waals surface area (Å²) in [6.45, 7) is 9.23. The number of benzene rings is 1. The van der Waals surface area contributed by atoms with Crippen molar-refractivity contribution >= 4 is 28.3 Å². The number of piperidine rings is 1. The minimum absolute atomic E-state index is 0. The summed E-state index contributed by atoms with van der Waals surface area (Å²) in [6, 6.07) is 9.11. The number of nitrogens with one attached hydrogen (secondary N) is 1. The molecule has 0 spiro atoms. The SMILES string of the molecule is CCNCC1CCN(C(C)c2ccccc2Br)CC1.Cl. The molecule has 0 radical (unpaired) electrons. The molecule has 2 rings (SSSR count). The average molecular weight is 362 g/mol. The highest BCUT2D eigenvalue weighted by molar-refractivity contribution is 9.10. The molecule has 1 atom stereocenters.